The van der Waals surface area contributed by atoms with Gasteiger partial charge in [-0.05, 0) is 54.4 Å². The first-order chi connectivity index (χ1) is 14.9. The standard InChI is InChI=1S/C22H19N3O4S2/c26-17-9-6-15(7-10-17)12-13-23-21(27)16-8-11-19-20(14-16)30-22(24-19)25-31(28,29)18-4-2-1-3-5-18/h1-11,14,26H,12-13H2,(H,23,27)(H,24,25). The third kappa shape index (κ3) is 5.01. The zero-order valence-corrected chi connectivity index (χ0v) is 17.9. The number of benzene rings is 3. The lowest BCUT2D eigenvalue weighted by Gasteiger charge is -2.05. The molecule has 3 aromatic carbocycles. The van der Waals surface area contributed by atoms with Crippen molar-refractivity contribution < 1.29 is 18.3 Å². The number of nitrogens with one attached hydrogen (secondary N) is 2. The van der Waals surface area contributed by atoms with E-state index in [9.17, 15) is 18.3 Å². The predicted molar refractivity (Wildman–Crippen MR) is 121 cm³/mol. The van der Waals surface area contributed by atoms with Crippen molar-refractivity contribution in [3.63, 3.8) is 0 Å². The second-order valence-corrected chi connectivity index (χ2v) is 9.51. The highest BCUT2D eigenvalue weighted by Gasteiger charge is 2.17. The number of anilines is 1. The Morgan fingerprint density at radius 1 is 1.00 bits per heavy atom. The van der Waals surface area contributed by atoms with Crippen molar-refractivity contribution in [2.45, 2.75) is 11.3 Å². The van der Waals surface area contributed by atoms with Crippen molar-refractivity contribution in [3.05, 3.63) is 83.9 Å². The molecule has 158 valence electrons. The number of carbonyl (C=O) groups is 1. The molecule has 1 amide bonds. The van der Waals surface area contributed by atoms with Gasteiger partial charge in [0.25, 0.3) is 15.9 Å². The molecule has 7 nitrogen and oxygen atoms in total. The number of nitrogens with zero attached hydrogens (tertiary/aromatic N) is 1. The van der Waals surface area contributed by atoms with Crippen molar-refractivity contribution in [2.24, 2.45) is 0 Å². The van der Waals surface area contributed by atoms with Crippen LogP contribution in [-0.2, 0) is 16.4 Å². The van der Waals surface area contributed by atoms with Crippen LogP contribution in [0.1, 0.15) is 15.9 Å². The third-order valence-corrected chi connectivity index (χ3v) is 6.98. The first kappa shape index (κ1) is 20.8. The van der Waals surface area contributed by atoms with Crippen LogP contribution in [0.3, 0.4) is 0 Å². The van der Waals surface area contributed by atoms with Crippen molar-refractivity contribution in [2.75, 3.05) is 11.3 Å². The second-order valence-electron chi connectivity index (χ2n) is 6.79. The zero-order valence-electron chi connectivity index (χ0n) is 16.3. The van der Waals surface area contributed by atoms with Crippen LogP contribution in [-0.4, -0.2) is 31.0 Å². The minimum atomic E-state index is -3.73. The molecule has 4 aromatic rings. The minimum absolute atomic E-state index is 0.156. The van der Waals surface area contributed by atoms with Gasteiger partial charge in [-0.25, -0.2) is 13.4 Å². The number of aromatic hydroxyl groups is 1. The number of thiazole rings is 1. The van der Waals surface area contributed by atoms with E-state index in [4.69, 9.17) is 0 Å². The van der Waals surface area contributed by atoms with Crippen LogP contribution < -0.4 is 10.0 Å². The molecule has 0 atom stereocenters. The normalized spacial score (nSPS) is 11.4. The molecule has 0 bridgehead atoms. The number of phenols is 1. The monoisotopic (exact) mass is 453 g/mol. The Bertz CT molecular complexity index is 1320. The molecule has 1 heterocycles. The van der Waals surface area contributed by atoms with Gasteiger partial charge in [0, 0.05) is 12.1 Å². The molecule has 3 N–H and O–H groups in total. The van der Waals surface area contributed by atoms with Gasteiger partial charge in [0.15, 0.2) is 5.13 Å². The van der Waals surface area contributed by atoms with Crippen LogP contribution in [0.25, 0.3) is 10.2 Å². The molecule has 0 unspecified atom stereocenters. The lowest BCUT2D eigenvalue weighted by Crippen LogP contribution is -2.25. The summed E-state index contributed by atoms with van der Waals surface area (Å²) in [5, 5.41) is 12.4. The lowest BCUT2D eigenvalue weighted by atomic mass is 10.1. The summed E-state index contributed by atoms with van der Waals surface area (Å²) < 4.78 is 28.2. The molecule has 0 aliphatic heterocycles. The Morgan fingerprint density at radius 3 is 2.48 bits per heavy atom. The molecule has 0 aliphatic carbocycles. The number of hydrogen-bond acceptors (Lipinski definition) is 6. The van der Waals surface area contributed by atoms with Crippen molar-refractivity contribution in [3.8, 4) is 5.75 Å². The van der Waals surface area contributed by atoms with Gasteiger partial charge in [0.05, 0.1) is 15.1 Å². The summed E-state index contributed by atoms with van der Waals surface area (Å²) in [7, 11) is -3.73. The average molecular weight is 454 g/mol. The number of phenolic OH excluding ortho intramolecular Hbond substituents is 1. The number of aromatic nitrogens is 1. The van der Waals surface area contributed by atoms with E-state index in [2.05, 4.69) is 15.0 Å². The van der Waals surface area contributed by atoms with Crippen LogP contribution in [0.2, 0.25) is 0 Å². The van der Waals surface area contributed by atoms with E-state index in [1.165, 1.54) is 23.5 Å². The van der Waals surface area contributed by atoms with Crippen LogP contribution in [0.15, 0.2) is 77.7 Å². The maximum atomic E-state index is 12.5. The van der Waals surface area contributed by atoms with E-state index in [0.717, 1.165) is 5.56 Å². The molecular formula is C22H19N3O4S2. The molecule has 0 fully saturated rings. The van der Waals surface area contributed by atoms with E-state index < -0.39 is 10.0 Å². The van der Waals surface area contributed by atoms with E-state index >= 15 is 0 Å². The Labute approximate surface area is 183 Å². The molecule has 4 rings (SSSR count). The Balaban J connectivity index is 1.43. The van der Waals surface area contributed by atoms with Crippen LogP contribution in [0, 0.1) is 0 Å². The smallest absolute Gasteiger partial charge is 0.263 e. The number of rotatable bonds is 7. The van der Waals surface area contributed by atoms with Gasteiger partial charge in [0.2, 0.25) is 0 Å². The molecule has 9 heteroatoms. The first-order valence-electron chi connectivity index (χ1n) is 9.45. The number of carbonyl (C=O) groups excluding carboxylic acids is 1. The summed E-state index contributed by atoms with van der Waals surface area (Å²) in [6.45, 7) is 0.451. The van der Waals surface area contributed by atoms with Crippen molar-refractivity contribution in [1.82, 2.24) is 10.3 Å². The predicted octanol–water partition coefficient (Wildman–Crippen LogP) is 3.78. The largest absolute Gasteiger partial charge is 0.508 e. The molecule has 0 radical (unpaired) electrons. The van der Waals surface area contributed by atoms with Gasteiger partial charge >= 0.3 is 0 Å². The van der Waals surface area contributed by atoms with E-state index in [-0.39, 0.29) is 21.7 Å². The highest BCUT2D eigenvalue weighted by Crippen LogP contribution is 2.28. The number of fused-ring (bicyclic) bond motifs is 1. The topological polar surface area (TPSA) is 108 Å². The maximum Gasteiger partial charge on any atom is 0.263 e. The molecule has 0 spiro atoms. The van der Waals surface area contributed by atoms with E-state index in [1.807, 2.05) is 12.1 Å². The fourth-order valence-electron chi connectivity index (χ4n) is 2.97. The fraction of sp³-hybridized carbons (Fsp3) is 0.0909. The van der Waals surface area contributed by atoms with Gasteiger partial charge in [-0.3, -0.25) is 9.52 Å². The van der Waals surface area contributed by atoms with E-state index in [0.29, 0.717) is 28.7 Å². The maximum absolute atomic E-state index is 12.5. The molecular weight excluding hydrogens is 434 g/mol. The van der Waals surface area contributed by atoms with Crippen LogP contribution in [0.4, 0.5) is 5.13 Å². The molecule has 0 aliphatic rings. The summed E-state index contributed by atoms with van der Waals surface area (Å²) in [4.78, 5) is 16.9. The van der Waals surface area contributed by atoms with Crippen molar-refractivity contribution >= 4 is 42.6 Å². The van der Waals surface area contributed by atoms with Gasteiger partial charge in [-0.2, -0.15) is 0 Å². The molecule has 0 saturated carbocycles. The molecule has 0 saturated heterocycles. The number of amides is 1. The quantitative estimate of drug-likeness (QED) is 0.395. The fourth-order valence-corrected chi connectivity index (χ4v) is 5.13. The third-order valence-electron chi connectivity index (χ3n) is 4.56. The summed E-state index contributed by atoms with van der Waals surface area (Å²) >= 11 is 1.17. The summed E-state index contributed by atoms with van der Waals surface area (Å²) in [5.74, 6) is -0.0171. The zero-order chi connectivity index (χ0) is 21.8. The second kappa shape index (κ2) is 8.75. The average Bonchev–Trinajstić information content (AvgIpc) is 3.16. The van der Waals surface area contributed by atoms with Crippen LogP contribution >= 0.6 is 11.3 Å². The number of sulfonamides is 1. The Morgan fingerprint density at radius 2 is 1.74 bits per heavy atom. The highest BCUT2D eigenvalue weighted by molar-refractivity contribution is 7.93. The van der Waals surface area contributed by atoms with Crippen molar-refractivity contribution in [1.29, 1.82) is 0 Å². The molecule has 31 heavy (non-hydrogen) atoms. The Hall–Kier alpha value is -3.43. The first-order valence-corrected chi connectivity index (χ1v) is 11.8. The van der Waals surface area contributed by atoms with Gasteiger partial charge in [-0.15, -0.1) is 0 Å². The van der Waals surface area contributed by atoms with E-state index in [1.54, 1.807) is 48.5 Å². The van der Waals surface area contributed by atoms with Gasteiger partial charge in [0.1, 0.15) is 5.75 Å². The summed E-state index contributed by atoms with van der Waals surface area (Å²) in [5.41, 5.74) is 2.09. The van der Waals surface area contributed by atoms with Crippen LogP contribution in [0.5, 0.6) is 5.75 Å². The molecule has 1 aromatic heterocycles. The summed E-state index contributed by atoms with van der Waals surface area (Å²) in [6.07, 6.45) is 0.639. The van der Waals surface area contributed by atoms with Gasteiger partial charge < -0.3 is 10.4 Å². The Kier molecular flexibility index (Phi) is 5.88. The SMILES string of the molecule is O=C(NCCc1ccc(O)cc1)c1ccc2nc(NS(=O)(=O)c3ccccc3)sc2c1. The number of hydrogen-bond donors (Lipinski definition) is 3. The lowest BCUT2D eigenvalue weighted by molar-refractivity contribution is 0.0954. The minimum Gasteiger partial charge on any atom is -0.508 e. The summed E-state index contributed by atoms with van der Waals surface area (Å²) in [6, 6.07) is 20.0. The highest BCUT2D eigenvalue weighted by atomic mass is 32.2. The van der Waals surface area contributed by atoms with Gasteiger partial charge in [-0.1, -0.05) is 41.7 Å².